The van der Waals surface area contributed by atoms with Gasteiger partial charge in [-0.3, -0.25) is 9.59 Å². The van der Waals surface area contributed by atoms with Crippen LogP contribution in [0.4, 0.5) is 4.39 Å². The zero-order valence-corrected chi connectivity index (χ0v) is 13.0. The number of nitrogens with one attached hydrogen (secondary N) is 1. The van der Waals surface area contributed by atoms with Gasteiger partial charge in [-0.1, -0.05) is 6.07 Å². The Morgan fingerprint density at radius 2 is 1.86 bits per heavy atom. The predicted molar refractivity (Wildman–Crippen MR) is 79.0 cm³/mol. The fourth-order valence-electron chi connectivity index (χ4n) is 2.59. The number of benzene rings is 1. The van der Waals surface area contributed by atoms with Gasteiger partial charge in [0.2, 0.25) is 5.91 Å². The van der Waals surface area contributed by atoms with Crippen LogP contribution >= 0.6 is 15.9 Å². The van der Waals surface area contributed by atoms with Gasteiger partial charge >= 0.3 is 5.97 Å². The Balaban J connectivity index is 1.82. The van der Waals surface area contributed by atoms with Gasteiger partial charge in [0, 0.05) is 12.5 Å². The molecule has 0 saturated heterocycles. The number of carboxylic acids is 1. The first-order chi connectivity index (χ1) is 9.97. The van der Waals surface area contributed by atoms with Crippen molar-refractivity contribution in [2.75, 3.05) is 0 Å². The fraction of sp³-hybridized carbons (Fsp3) is 0.467. The van der Waals surface area contributed by atoms with Crippen LogP contribution in [0.25, 0.3) is 0 Å². The maximum Gasteiger partial charge on any atom is 0.306 e. The highest BCUT2D eigenvalue weighted by Gasteiger charge is 2.29. The summed E-state index contributed by atoms with van der Waals surface area (Å²) in [5.41, 5.74) is 0.697. The van der Waals surface area contributed by atoms with Gasteiger partial charge in [0.25, 0.3) is 0 Å². The van der Waals surface area contributed by atoms with Crippen molar-refractivity contribution in [1.29, 1.82) is 0 Å². The molecule has 1 aromatic carbocycles. The Morgan fingerprint density at radius 1 is 1.24 bits per heavy atom. The second-order valence-electron chi connectivity index (χ2n) is 5.35. The lowest BCUT2D eigenvalue weighted by Crippen LogP contribution is -2.34. The lowest BCUT2D eigenvalue weighted by atomic mass is 9.81. The van der Waals surface area contributed by atoms with Gasteiger partial charge in [-0.15, -0.1) is 0 Å². The average molecular weight is 358 g/mol. The van der Waals surface area contributed by atoms with Crippen molar-refractivity contribution in [3.05, 3.63) is 34.1 Å². The van der Waals surface area contributed by atoms with Crippen LogP contribution in [0.5, 0.6) is 0 Å². The van der Waals surface area contributed by atoms with E-state index in [1.54, 1.807) is 12.1 Å². The molecule has 0 aromatic heterocycles. The van der Waals surface area contributed by atoms with E-state index in [0.29, 0.717) is 35.7 Å². The van der Waals surface area contributed by atoms with E-state index in [1.165, 1.54) is 6.07 Å². The van der Waals surface area contributed by atoms with Crippen molar-refractivity contribution in [2.45, 2.75) is 32.2 Å². The molecule has 1 fully saturated rings. The van der Waals surface area contributed by atoms with E-state index in [4.69, 9.17) is 5.11 Å². The normalized spacial score (nSPS) is 21.8. The summed E-state index contributed by atoms with van der Waals surface area (Å²) < 4.78 is 13.8. The van der Waals surface area contributed by atoms with Crippen molar-refractivity contribution in [3.63, 3.8) is 0 Å². The summed E-state index contributed by atoms with van der Waals surface area (Å²) in [6.45, 7) is 0.280. The molecule has 1 aliphatic rings. The second-order valence-corrected chi connectivity index (χ2v) is 6.21. The van der Waals surface area contributed by atoms with Gasteiger partial charge in [0.1, 0.15) is 5.82 Å². The molecule has 1 aliphatic carbocycles. The predicted octanol–water partition coefficient (Wildman–Crippen LogP) is 3.10. The number of amides is 1. The van der Waals surface area contributed by atoms with Gasteiger partial charge < -0.3 is 10.4 Å². The molecule has 4 nitrogen and oxygen atoms in total. The number of hydrogen-bond donors (Lipinski definition) is 2. The van der Waals surface area contributed by atoms with Crippen LogP contribution < -0.4 is 5.32 Å². The summed E-state index contributed by atoms with van der Waals surface area (Å²) in [5, 5.41) is 11.7. The standard InChI is InChI=1S/C15H17BrFNO3/c16-12-6-1-9(7-13(12)17)8-18-14(19)10-2-4-11(5-3-10)15(20)21/h1,6-7,10-11H,2-5,8H2,(H,18,19)(H,20,21). The van der Waals surface area contributed by atoms with E-state index >= 15 is 0 Å². The van der Waals surface area contributed by atoms with Crippen molar-refractivity contribution in [2.24, 2.45) is 11.8 Å². The molecule has 0 heterocycles. The lowest BCUT2D eigenvalue weighted by Gasteiger charge is -2.25. The van der Waals surface area contributed by atoms with Crippen LogP contribution in [0, 0.1) is 17.7 Å². The van der Waals surface area contributed by atoms with Crippen molar-refractivity contribution >= 4 is 27.8 Å². The summed E-state index contributed by atoms with van der Waals surface area (Å²) in [6, 6.07) is 4.73. The summed E-state index contributed by atoms with van der Waals surface area (Å²) in [4.78, 5) is 22.9. The van der Waals surface area contributed by atoms with Crippen LogP contribution in [0.1, 0.15) is 31.2 Å². The topological polar surface area (TPSA) is 66.4 Å². The third-order valence-corrected chi connectivity index (χ3v) is 4.54. The Labute approximate surface area is 130 Å². The minimum atomic E-state index is -0.779. The number of hydrogen-bond acceptors (Lipinski definition) is 2. The Morgan fingerprint density at radius 3 is 2.43 bits per heavy atom. The first-order valence-corrected chi connectivity index (χ1v) is 7.71. The molecule has 0 aliphatic heterocycles. The van der Waals surface area contributed by atoms with Crippen LogP contribution in [0.3, 0.4) is 0 Å². The molecule has 2 N–H and O–H groups in total. The first kappa shape index (κ1) is 15.9. The van der Waals surface area contributed by atoms with E-state index in [-0.39, 0.29) is 30.1 Å². The van der Waals surface area contributed by atoms with Gasteiger partial charge in [-0.05, 0) is 59.3 Å². The minimum absolute atomic E-state index is 0.0813. The Hall–Kier alpha value is -1.43. The smallest absolute Gasteiger partial charge is 0.306 e. The fourth-order valence-corrected chi connectivity index (χ4v) is 2.83. The molecule has 0 radical (unpaired) electrons. The minimum Gasteiger partial charge on any atom is -0.481 e. The van der Waals surface area contributed by atoms with Crippen LogP contribution in [0.2, 0.25) is 0 Å². The molecule has 1 amide bonds. The largest absolute Gasteiger partial charge is 0.481 e. The highest BCUT2D eigenvalue weighted by atomic mass is 79.9. The van der Waals surface area contributed by atoms with Crippen molar-refractivity contribution in [1.82, 2.24) is 5.32 Å². The molecule has 0 bridgehead atoms. The third kappa shape index (κ3) is 4.27. The molecule has 0 spiro atoms. The van der Waals surface area contributed by atoms with Crippen molar-refractivity contribution < 1.29 is 19.1 Å². The molecular formula is C15H17BrFNO3. The number of rotatable bonds is 4. The van der Waals surface area contributed by atoms with E-state index in [2.05, 4.69) is 21.2 Å². The molecule has 1 aromatic rings. The highest BCUT2D eigenvalue weighted by molar-refractivity contribution is 9.10. The van der Waals surface area contributed by atoms with Gasteiger partial charge in [-0.25, -0.2) is 4.39 Å². The summed E-state index contributed by atoms with van der Waals surface area (Å²) in [6.07, 6.45) is 2.27. The van der Waals surface area contributed by atoms with Crippen LogP contribution in [0.15, 0.2) is 22.7 Å². The van der Waals surface area contributed by atoms with Crippen LogP contribution in [-0.2, 0) is 16.1 Å². The van der Waals surface area contributed by atoms with Gasteiger partial charge in [0.15, 0.2) is 0 Å². The van der Waals surface area contributed by atoms with Gasteiger partial charge in [0.05, 0.1) is 10.4 Å². The second kappa shape index (κ2) is 7.02. The first-order valence-electron chi connectivity index (χ1n) is 6.92. The molecule has 21 heavy (non-hydrogen) atoms. The number of carbonyl (C=O) groups is 2. The van der Waals surface area contributed by atoms with Crippen LogP contribution in [-0.4, -0.2) is 17.0 Å². The highest BCUT2D eigenvalue weighted by Crippen LogP contribution is 2.29. The zero-order valence-electron chi connectivity index (χ0n) is 11.4. The quantitative estimate of drug-likeness (QED) is 0.869. The molecule has 1 saturated carbocycles. The molecule has 0 atom stereocenters. The number of carboxylic acid groups (broad SMARTS) is 1. The number of carbonyl (C=O) groups excluding carboxylic acids is 1. The number of aliphatic carboxylic acids is 1. The average Bonchev–Trinajstić information content (AvgIpc) is 2.48. The van der Waals surface area contributed by atoms with Crippen molar-refractivity contribution in [3.8, 4) is 0 Å². The molecule has 114 valence electrons. The van der Waals surface area contributed by atoms with E-state index in [1.807, 2.05) is 0 Å². The van der Waals surface area contributed by atoms with E-state index in [0.717, 1.165) is 0 Å². The molecular weight excluding hydrogens is 341 g/mol. The van der Waals surface area contributed by atoms with Gasteiger partial charge in [-0.2, -0.15) is 0 Å². The van der Waals surface area contributed by atoms with E-state index in [9.17, 15) is 14.0 Å². The Kier molecular flexibility index (Phi) is 5.33. The Bertz CT molecular complexity index is 542. The summed E-state index contributed by atoms with van der Waals surface area (Å²) >= 11 is 3.08. The summed E-state index contributed by atoms with van der Waals surface area (Å²) in [7, 11) is 0. The third-order valence-electron chi connectivity index (χ3n) is 3.90. The number of halogens is 2. The summed E-state index contributed by atoms with van der Waals surface area (Å²) in [5.74, 6) is -1.68. The zero-order chi connectivity index (χ0) is 15.4. The molecule has 2 rings (SSSR count). The maximum absolute atomic E-state index is 13.4. The lowest BCUT2D eigenvalue weighted by molar-refractivity contribution is -0.144. The monoisotopic (exact) mass is 357 g/mol. The maximum atomic E-state index is 13.4. The SMILES string of the molecule is O=C(O)C1CCC(C(=O)NCc2ccc(Br)c(F)c2)CC1. The molecule has 0 unspecified atom stereocenters. The molecule has 6 heteroatoms. The van der Waals surface area contributed by atoms with E-state index < -0.39 is 5.97 Å².